The predicted octanol–water partition coefficient (Wildman–Crippen LogP) is 1.63. The number of likely N-dealkylation sites (tertiary alicyclic amines) is 1. The van der Waals surface area contributed by atoms with Crippen LogP contribution in [0.25, 0.3) is 0 Å². The summed E-state index contributed by atoms with van der Waals surface area (Å²) in [6.45, 7) is 5.76. The molecule has 0 spiro atoms. The molecule has 1 amide bonds. The van der Waals surface area contributed by atoms with E-state index in [-0.39, 0.29) is 42.3 Å². The highest BCUT2D eigenvalue weighted by atomic mass is 35.5. The summed E-state index contributed by atoms with van der Waals surface area (Å²) in [6, 6.07) is 3.58. The fourth-order valence-electron chi connectivity index (χ4n) is 3.95. The summed E-state index contributed by atoms with van der Waals surface area (Å²) in [4.78, 5) is 26.5. The first-order chi connectivity index (χ1) is 12.1. The molecule has 27 heavy (non-hydrogen) atoms. The predicted molar refractivity (Wildman–Crippen MR) is 109 cm³/mol. The number of amides is 1. The molecule has 2 aliphatic heterocycles. The molecule has 0 unspecified atom stereocenters. The lowest BCUT2D eigenvalue weighted by Gasteiger charge is -2.31. The highest BCUT2D eigenvalue weighted by Crippen LogP contribution is 2.27. The summed E-state index contributed by atoms with van der Waals surface area (Å²) in [7, 11) is 1.56. The Kier molecular flexibility index (Phi) is 9.73. The molecule has 7 nitrogen and oxygen atoms in total. The van der Waals surface area contributed by atoms with Gasteiger partial charge in [0.25, 0.3) is 11.5 Å². The van der Waals surface area contributed by atoms with Crippen molar-refractivity contribution in [3.63, 3.8) is 0 Å². The van der Waals surface area contributed by atoms with Crippen LogP contribution in [-0.4, -0.2) is 59.0 Å². The van der Waals surface area contributed by atoms with Gasteiger partial charge in [0.05, 0.1) is 0 Å². The smallest absolute Gasteiger partial charge is 0.271 e. The van der Waals surface area contributed by atoms with E-state index < -0.39 is 0 Å². The second kappa shape index (κ2) is 11.0. The van der Waals surface area contributed by atoms with Crippen molar-refractivity contribution >= 4 is 30.7 Å². The molecule has 2 saturated heterocycles. The number of carbonyl (C=O) groups excluding carboxylic acids is 1. The van der Waals surface area contributed by atoms with Crippen molar-refractivity contribution in [2.45, 2.75) is 44.7 Å². The van der Waals surface area contributed by atoms with E-state index in [1.54, 1.807) is 7.05 Å². The molecule has 2 aliphatic rings. The molecule has 3 rings (SSSR count). The maximum absolute atomic E-state index is 12.6. The Balaban J connectivity index is 0.00000182. The second-order valence-corrected chi connectivity index (χ2v) is 7.11. The standard InChI is InChI=1S/C18H28N4O3.2ClH/c1-3-4-13-11-22(14-7-9-25-10-8-14)12-16(13)19-18(24)15-5-6-17(23)21(2)20-15;;/h5-6,13-14,16H,3-4,7-12H2,1-2H3,(H,19,24);2*1H/t13-,16-;;/m0../s1. The van der Waals surface area contributed by atoms with Crippen molar-refractivity contribution in [3.8, 4) is 0 Å². The maximum atomic E-state index is 12.6. The Labute approximate surface area is 172 Å². The van der Waals surface area contributed by atoms with Crippen LogP contribution in [-0.2, 0) is 11.8 Å². The van der Waals surface area contributed by atoms with E-state index in [9.17, 15) is 9.59 Å². The molecular weight excluding hydrogens is 391 g/mol. The van der Waals surface area contributed by atoms with Crippen LogP contribution in [0.4, 0.5) is 0 Å². The van der Waals surface area contributed by atoms with E-state index in [2.05, 4.69) is 22.2 Å². The first kappa shape index (κ1) is 23.9. The van der Waals surface area contributed by atoms with Gasteiger partial charge in [-0.25, -0.2) is 4.68 Å². The summed E-state index contributed by atoms with van der Waals surface area (Å²) >= 11 is 0. The minimum absolute atomic E-state index is 0. The summed E-state index contributed by atoms with van der Waals surface area (Å²) < 4.78 is 6.67. The number of halogens is 2. The van der Waals surface area contributed by atoms with Gasteiger partial charge in [-0.05, 0) is 31.2 Å². The lowest BCUT2D eigenvalue weighted by molar-refractivity contribution is 0.0405. The van der Waals surface area contributed by atoms with Gasteiger partial charge in [0.15, 0.2) is 0 Å². The van der Waals surface area contributed by atoms with Crippen LogP contribution >= 0.6 is 24.8 Å². The number of hydrogen-bond acceptors (Lipinski definition) is 5. The molecule has 9 heteroatoms. The van der Waals surface area contributed by atoms with Crippen molar-refractivity contribution in [1.29, 1.82) is 0 Å². The van der Waals surface area contributed by atoms with E-state index in [1.807, 2.05) is 0 Å². The van der Waals surface area contributed by atoms with Gasteiger partial charge in [0, 0.05) is 51.5 Å². The summed E-state index contributed by atoms with van der Waals surface area (Å²) in [5, 5.41) is 7.21. The van der Waals surface area contributed by atoms with Gasteiger partial charge in [0.2, 0.25) is 0 Å². The first-order valence-electron chi connectivity index (χ1n) is 9.25. The normalized spacial score (nSPS) is 23.3. The van der Waals surface area contributed by atoms with Crippen LogP contribution in [0.1, 0.15) is 43.1 Å². The zero-order valence-corrected chi connectivity index (χ0v) is 17.6. The van der Waals surface area contributed by atoms with Crippen LogP contribution in [0, 0.1) is 5.92 Å². The largest absolute Gasteiger partial charge is 0.381 e. The molecule has 0 saturated carbocycles. The van der Waals surface area contributed by atoms with Crippen LogP contribution in [0.3, 0.4) is 0 Å². The molecule has 0 bridgehead atoms. The van der Waals surface area contributed by atoms with Gasteiger partial charge in [-0.15, -0.1) is 24.8 Å². The van der Waals surface area contributed by atoms with E-state index >= 15 is 0 Å². The van der Waals surface area contributed by atoms with Crippen molar-refractivity contribution in [2.24, 2.45) is 13.0 Å². The van der Waals surface area contributed by atoms with E-state index in [0.717, 1.165) is 52.0 Å². The Morgan fingerprint density at radius 1 is 1.26 bits per heavy atom. The van der Waals surface area contributed by atoms with Crippen LogP contribution in [0.5, 0.6) is 0 Å². The van der Waals surface area contributed by atoms with E-state index in [1.165, 1.54) is 16.8 Å². The molecule has 0 radical (unpaired) electrons. The quantitative estimate of drug-likeness (QED) is 0.782. The Morgan fingerprint density at radius 2 is 1.96 bits per heavy atom. The summed E-state index contributed by atoms with van der Waals surface area (Å²) in [5.41, 5.74) is 0.0776. The maximum Gasteiger partial charge on any atom is 0.271 e. The van der Waals surface area contributed by atoms with Gasteiger partial charge < -0.3 is 10.1 Å². The fraction of sp³-hybridized carbons (Fsp3) is 0.722. The van der Waals surface area contributed by atoms with Gasteiger partial charge in [-0.3, -0.25) is 14.5 Å². The van der Waals surface area contributed by atoms with Crippen LogP contribution in [0.15, 0.2) is 16.9 Å². The molecule has 0 aliphatic carbocycles. The topological polar surface area (TPSA) is 76.5 Å². The number of nitrogens with zero attached hydrogens (tertiary/aromatic N) is 3. The third-order valence-electron chi connectivity index (χ3n) is 5.35. The molecule has 2 fully saturated rings. The van der Waals surface area contributed by atoms with Gasteiger partial charge in [-0.2, -0.15) is 5.10 Å². The zero-order valence-electron chi connectivity index (χ0n) is 15.9. The van der Waals surface area contributed by atoms with Gasteiger partial charge in [0.1, 0.15) is 5.69 Å². The molecule has 0 aromatic carbocycles. The van der Waals surface area contributed by atoms with E-state index in [0.29, 0.717) is 17.7 Å². The van der Waals surface area contributed by atoms with E-state index in [4.69, 9.17) is 4.74 Å². The lowest BCUT2D eigenvalue weighted by Crippen LogP contribution is -2.43. The Hall–Kier alpha value is -1.15. The monoisotopic (exact) mass is 420 g/mol. The fourth-order valence-corrected chi connectivity index (χ4v) is 3.95. The van der Waals surface area contributed by atoms with Crippen molar-refractivity contribution in [1.82, 2.24) is 20.0 Å². The number of aromatic nitrogens is 2. The number of ether oxygens (including phenoxy) is 1. The van der Waals surface area contributed by atoms with Crippen molar-refractivity contribution in [3.05, 3.63) is 28.2 Å². The number of hydrogen-bond donors (Lipinski definition) is 1. The average Bonchev–Trinajstić information content (AvgIpc) is 3.01. The number of aryl methyl sites for hydroxylation is 1. The average molecular weight is 421 g/mol. The minimum Gasteiger partial charge on any atom is -0.381 e. The van der Waals surface area contributed by atoms with Crippen molar-refractivity contribution in [2.75, 3.05) is 26.3 Å². The second-order valence-electron chi connectivity index (χ2n) is 7.11. The molecule has 154 valence electrons. The molecule has 2 atom stereocenters. The first-order valence-corrected chi connectivity index (χ1v) is 9.25. The third kappa shape index (κ3) is 5.91. The highest BCUT2D eigenvalue weighted by Gasteiger charge is 2.37. The molecule has 1 aromatic rings. The van der Waals surface area contributed by atoms with Crippen molar-refractivity contribution < 1.29 is 9.53 Å². The van der Waals surface area contributed by atoms with Crippen LogP contribution in [0.2, 0.25) is 0 Å². The number of nitrogens with one attached hydrogen (secondary N) is 1. The Morgan fingerprint density at radius 3 is 2.59 bits per heavy atom. The minimum atomic E-state index is -0.216. The summed E-state index contributed by atoms with van der Waals surface area (Å²) in [6.07, 6.45) is 4.35. The molecule has 3 heterocycles. The lowest BCUT2D eigenvalue weighted by atomic mass is 9.98. The summed E-state index contributed by atoms with van der Waals surface area (Å²) in [5.74, 6) is 0.264. The number of rotatable bonds is 5. The van der Waals surface area contributed by atoms with Gasteiger partial charge in [-0.1, -0.05) is 13.3 Å². The van der Waals surface area contributed by atoms with Gasteiger partial charge >= 0.3 is 0 Å². The zero-order chi connectivity index (χ0) is 17.8. The number of carbonyl (C=O) groups is 1. The third-order valence-corrected chi connectivity index (χ3v) is 5.35. The molecule has 1 N–H and O–H groups in total. The SMILES string of the molecule is CCC[C@H]1CN(C2CCOCC2)C[C@@H]1NC(=O)c1ccc(=O)n(C)n1.Cl.Cl. The molecule has 1 aromatic heterocycles. The molecular formula is C18H30Cl2N4O3. The highest BCUT2D eigenvalue weighted by molar-refractivity contribution is 5.92. The Bertz CT molecular complexity index is 664. The van der Waals surface area contributed by atoms with Crippen LogP contribution < -0.4 is 10.9 Å².